The summed E-state index contributed by atoms with van der Waals surface area (Å²) in [4.78, 5) is 13.2. The van der Waals surface area contributed by atoms with Gasteiger partial charge in [-0.1, -0.05) is 18.2 Å². The highest BCUT2D eigenvalue weighted by Crippen LogP contribution is 2.34. The van der Waals surface area contributed by atoms with Crippen molar-refractivity contribution in [2.24, 2.45) is 0 Å². The molecule has 0 fully saturated rings. The highest BCUT2D eigenvalue weighted by molar-refractivity contribution is 6.07. The van der Waals surface area contributed by atoms with Crippen molar-refractivity contribution in [3.63, 3.8) is 0 Å². The number of carbonyl (C=O) groups excluding carboxylic acids is 1. The number of hydrogen-bond acceptors (Lipinski definition) is 4. The fourth-order valence-electron chi connectivity index (χ4n) is 3.99. The first-order chi connectivity index (χ1) is 15.1. The molecule has 7 heteroatoms. The van der Waals surface area contributed by atoms with Gasteiger partial charge in [0, 0.05) is 46.2 Å². The molecule has 7 nitrogen and oxygen atoms in total. The third kappa shape index (κ3) is 3.44. The van der Waals surface area contributed by atoms with Crippen LogP contribution in [0, 0.1) is 13.8 Å². The van der Waals surface area contributed by atoms with Gasteiger partial charge in [-0.25, -0.2) is 0 Å². The summed E-state index contributed by atoms with van der Waals surface area (Å²) < 4.78 is 13.4. The number of hydrogen-bond donors (Lipinski definition) is 2. The second kappa shape index (κ2) is 7.68. The van der Waals surface area contributed by atoms with Gasteiger partial charge in [-0.2, -0.15) is 5.10 Å². The van der Waals surface area contributed by atoms with Crippen LogP contribution >= 0.6 is 0 Å². The zero-order valence-electron chi connectivity index (χ0n) is 17.3. The van der Waals surface area contributed by atoms with Crippen molar-refractivity contribution < 1.29 is 14.3 Å². The van der Waals surface area contributed by atoms with Gasteiger partial charge in [0.25, 0.3) is 5.91 Å². The molecule has 2 N–H and O–H groups in total. The fourth-order valence-corrected chi connectivity index (χ4v) is 3.99. The minimum absolute atomic E-state index is 0.159. The summed E-state index contributed by atoms with van der Waals surface area (Å²) in [5.74, 6) is 1.30. The van der Waals surface area contributed by atoms with Crippen molar-refractivity contribution in [1.29, 1.82) is 0 Å². The summed E-state index contributed by atoms with van der Waals surface area (Å²) >= 11 is 0. The summed E-state index contributed by atoms with van der Waals surface area (Å²) in [6.45, 7) is 5.02. The number of carbonyl (C=O) groups is 1. The maximum absolute atomic E-state index is 13.2. The van der Waals surface area contributed by atoms with Gasteiger partial charge in [-0.15, -0.1) is 0 Å². The van der Waals surface area contributed by atoms with Crippen LogP contribution in [-0.4, -0.2) is 33.9 Å². The van der Waals surface area contributed by atoms with Crippen molar-refractivity contribution in [2.45, 2.75) is 13.8 Å². The van der Waals surface area contributed by atoms with Crippen LogP contribution in [0.2, 0.25) is 0 Å². The van der Waals surface area contributed by atoms with Crippen molar-refractivity contribution in [2.75, 3.05) is 18.5 Å². The molecule has 2 aromatic carbocycles. The van der Waals surface area contributed by atoms with E-state index < -0.39 is 0 Å². The van der Waals surface area contributed by atoms with E-state index in [1.54, 1.807) is 12.4 Å². The quantitative estimate of drug-likeness (QED) is 0.515. The Labute approximate surface area is 179 Å². The molecule has 1 aliphatic heterocycles. The molecular weight excluding hydrogens is 392 g/mol. The van der Waals surface area contributed by atoms with Crippen molar-refractivity contribution >= 4 is 11.6 Å². The third-order valence-electron chi connectivity index (χ3n) is 5.44. The number of amides is 1. The highest BCUT2D eigenvalue weighted by atomic mass is 16.6. The summed E-state index contributed by atoms with van der Waals surface area (Å²) in [6, 6.07) is 15.4. The monoisotopic (exact) mass is 414 g/mol. The standard InChI is InChI=1S/C24H22N4O3/c1-15-11-20(16(2)28(15)18-7-8-22-23(12-18)31-10-9-30-22)24(29)27-21-6-4-3-5-19(21)17-13-25-26-14-17/h3-8,11-14H,9-10H2,1-2H3,(H,25,26)(H,27,29). The number of anilines is 1. The van der Waals surface area contributed by atoms with Crippen LogP contribution in [0.15, 0.2) is 60.9 Å². The zero-order valence-corrected chi connectivity index (χ0v) is 17.3. The predicted octanol–water partition coefficient (Wildman–Crippen LogP) is 4.51. The number of nitrogens with zero attached hydrogens (tertiary/aromatic N) is 2. The highest BCUT2D eigenvalue weighted by Gasteiger charge is 2.20. The smallest absolute Gasteiger partial charge is 0.257 e. The van der Waals surface area contributed by atoms with E-state index in [1.165, 1.54) is 0 Å². The summed E-state index contributed by atoms with van der Waals surface area (Å²) in [5, 5.41) is 9.88. The van der Waals surface area contributed by atoms with E-state index in [4.69, 9.17) is 9.47 Å². The Hall–Kier alpha value is -4.00. The van der Waals surface area contributed by atoms with Gasteiger partial charge >= 0.3 is 0 Å². The SMILES string of the molecule is Cc1cc(C(=O)Nc2ccccc2-c2cn[nH]c2)c(C)n1-c1ccc2c(c1)OCCO2. The molecule has 0 aliphatic carbocycles. The Bertz CT molecular complexity index is 1260. The van der Waals surface area contributed by atoms with Crippen molar-refractivity contribution in [1.82, 2.24) is 14.8 Å². The molecule has 5 rings (SSSR count). The molecule has 0 saturated heterocycles. The lowest BCUT2D eigenvalue weighted by molar-refractivity contribution is 0.102. The van der Waals surface area contributed by atoms with Gasteiger partial charge in [0.15, 0.2) is 11.5 Å². The minimum Gasteiger partial charge on any atom is -0.486 e. The lowest BCUT2D eigenvalue weighted by Crippen LogP contribution is -2.16. The summed E-state index contributed by atoms with van der Waals surface area (Å²) in [6.07, 6.45) is 3.54. The van der Waals surface area contributed by atoms with E-state index in [0.29, 0.717) is 18.8 Å². The first-order valence-corrected chi connectivity index (χ1v) is 10.1. The van der Waals surface area contributed by atoms with E-state index in [9.17, 15) is 4.79 Å². The lowest BCUT2D eigenvalue weighted by atomic mass is 10.1. The summed E-state index contributed by atoms with van der Waals surface area (Å²) in [7, 11) is 0. The van der Waals surface area contributed by atoms with Crippen molar-refractivity contribution in [3.05, 3.63) is 77.9 Å². The van der Waals surface area contributed by atoms with Crippen LogP contribution < -0.4 is 14.8 Å². The number of aromatic amines is 1. The molecule has 0 bridgehead atoms. The average molecular weight is 414 g/mol. The molecule has 1 aliphatic rings. The molecule has 2 aromatic heterocycles. The Balaban J connectivity index is 1.47. The number of ether oxygens (including phenoxy) is 2. The van der Waals surface area contributed by atoms with Crippen LogP contribution in [0.4, 0.5) is 5.69 Å². The number of fused-ring (bicyclic) bond motifs is 1. The van der Waals surface area contributed by atoms with Crippen LogP contribution in [0.5, 0.6) is 11.5 Å². The largest absolute Gasteiger partial charge is 0.486 e. The van der Waals surface area contributed by atoms with E-state index in [1.807, 2.05) is 62.4 Å². The van der Waals surface area contributed by atoms with E-state index in [-0.39, 0.29) is 5.91 Å². The normalized spacial score (nSPS) is 12.6. The Morgan fingerprint density at radius 1 is 1.06 bits per heavy atom. The van der Waals surface area contributed by atoms with Gasteiger partial charge in [0.2, 0.25) is 0 Å². The lowest BCUT2D eigenvalue weighted by Gasteiger charge is -2.20. The van der Waals surface area contributed by atoms with Gasteiger partial charge < -0.3 is 19.4 Å². The number of H-pyrrole nitrogens is 1. The van der Waals surface area contributed by atoms with Gasteiger partial charge in [0.05, 0.1) is 11.8 Å². The number of aryl methyl sites for hydroxylation is 1. The molecule has 4 aromatic rings. The average Bonchev–Trinajstić information content (AvgIpc) is 3.42. The molecule has 3 heterocycles. The van der Waals surface area contributed by atoms with Crippen LogP contribution in [0.1, 0.15) is 21.7 Å². The molecule has 0 saturated carbocycles. The first-order valence-electron chi connectivity index (χ1n) is 10.1. The Morgan fingerprint density at radius 2 is 1.87 bits per heavy atom. The Morgan fingerprint density at radius 3 is 2.68 bits per heavy atom. The number of nitrogens with one attached hydrogen (secondary N) is 2. The second-order valence-corrected chi connectivity index (χ2v) is 7.43. The van der Waals surface area contributed by atoms with Gasteiger partial charge in [0.1, 0.15) is 13.2 Å². The third-order valence-corrected chi connectivity index (χ3v) is 5.44. The topological polar surface area (TPSA) is 81.2 Å². The van der Waals surface area contributed by atoms with Crippen LogP contribution in [0.3, 0.4) is 0 Å². The maximum Gasteiger partial charge on any atom is 0.257 e. The second-order valence-electron chi connectivity index (χ2n) is 7.43. The molecule has 1 amide bonds. The van der Waals surface area contributed by atoms with E-state index in [2.05, 4.69) is 20.1 Å². The first kappa shape index (κ1) is 19.0. The fraction of sp³-hybridized carbons (Fsp3) is 0.167. The molecule has 0 spiro atoms. The molecule has 0 radical (unpaired) electrons. The molecule has 31 heavy (non-hydrogen) atoms. The zero-order chi connectivity index (χ0) is 21.4. The number of rotatable bonds is 4. The molecule has 156 valence electrons. The van der Waals surface area contributed by atoms with Gasteiger partial charge in [-0.05, 0) is 38.1 Å². The Kier molecular flexibility index (Phi) is 4.71. The number of aromatic nitrogens is 3. The van der Waals surface area contributed by atoms with Crippen molar-refractivity contribution in [3.8, 4) is 28.3 Å². The summed E-state index contributed by atoms with van der Waals surface area (Å²) in [5.41, 5.74) is 5.92. The van der Waals surface area contributed by atoms with E-state index in [0.717, 1.165) is 45.4 Å². The number of benzene rings is 2. The molecular formula is C24H22N4O3. The minimum atomic E-state index is -0.159. The van der Waals surface area contributed by atoms with E-state index >= 15 is 0 Å². The maximum atomic E-state index is 13.2. The predicted molar refractivity (Wildman–Crippen MR) is 118 cm³/mol. The van der Waals surface area contributed by atoms with Crippen LogP contribution in [0.25, 0.3) is 16.8 Å². The molecule has 0 atom stereocenters. The van der Waals surface area contributed by atoms with Crippen LogP contribution in [-0.2, 0) is 0 Å². The van der Waals surface area contributed by atoms with Gasteiger partial charge in [-0.3, -0.25) is 9.89 Å². The molecule has 0 unspecified atom stereocenters. The number of para-hydroxylation sites is 1.